The van der Waals surface area contributed by atoms with E-state index < -0.39 is 23.2 Å². The second-order valence-corrected chi connectivity index (χ2v) is 7.70. The largest absolute Gasteiger partial charge is 0.494 e. The lowest BCUT2D eigenvalue weighted by atomic mass is 10.2. The number of ether oxygens (including phenoxy) is 2. The normalized spacial score (nSPS) is 17.2. The van der Waals surface area contributed by atoms with Gasteiger partial charge in [0.25, 0.3) is 11.1 Å². The molecule has 1 aliphatic rings. The summed E-state index contributed by atoms with van der Waals surface area (Å²) in [7, 11) is 1.55. The lowest BCUT2D eigenvalue weighted by Gasteiger charge is -2.19. The van der Waals surface area contributed by atoms with Crippen molar-refractivity contribution in [3.63, 3.8) is 0 Å². The molecule has 0 aliphatic carbocycles. The molecule has 134 valence electrons. The van der Waals surface area contributed by atoms with E-state index in [9.17, 15) is 14.4 Å². The highest BCUT2D eigenvalue weighted by Crippen LogP contribution is 2.38. The van der Waals surface area contributed by atoms with Crippen molar-refractivity contribution in [2.45, 2.75) is 19.9 Å². The van der Waals surface area contributed by atoms with E-state index in [0.29, 0.717) is 20.3 Å². The van der Waals surface area contributed by atoms with Gasteiger partial charge in [-0.25, -0.2) is 4.79 Å². The first-order valence-electron chi connectivity index (χ1n) is 7.26. The SMILES string of the molecule is CCOC(=O)[C@@H](C)N1C(=O)S/C(=C/c2cc(Br)c(OC)c(Br)c2)C1=O. The van der Waals surface area contributed by atoms with E-state index in [4.69, 9.17) is 9.47 Å². The number of amides is 2. The number of carbonyl (C=O) groups is 3. The molecule has 2 amide bonds. The molecule has 1 atom stereocenters. The summed E-state index contributed by atoms with van der Waals surface area (Å²) in [6.45, 7) is 3.32. The summed E-state index contributed by atoms with van der Waals surface area (Å²) in [5, 5.41) is -0.497. The maximum Gasteiger partial charge on any atom is 0.329 e. The molecule has 0 saturated carbocycles. The van der Waals surface area contributed by atoms with Crippen LogP contribution < -0.4 is 4.74 Å². The maximum absolute atomic E-state index is 12.5. The summed E-state index contributed by atoms with van der Waals surface area (Å²) < 4.78 is 11.5. The molecule has 2 rings (SSSR count). The lowest BCUT2D eigenvalue weighted by molar-refractivity contribution is -0.150. The molecule has 0 bridgehead atoms. The topological polar surface area (TPSA) is 72.9 Å². The van der Waals surface area contributed by atoms with Crippen LogP contribution in [0.4, 0.5) is 4.79 Å². The van der Waals surface area contributed by atoms with E-state index in [1.807, 2.05) is 0 Å². The van der Waals surface area contributed by atoms with Gasteiger partial charge in [0.1, 0.15) is 11.8 Å². The van der Waals surface area contributed by atoms with Crippen molar-refractivity contribution in [2.75, 3.05) is 13.7 Å². The zero-order valence-corrected chi connectivity index (χ0v) is 17.7. The minimum Gasteiger partial charge on any atom is -0.494 e. The van der Waals surface area contributed by atoms with Gasteiger partial charge in [-0.05, 0) is 81.2 Å². The molecule has 1 aliphatic heterocycles. The maximum atomic E-state index is 12.5. The number of benzene rings is 1. The van der Waals surface area contributed by atoms with Gasteiger partial charge in [0.15, 0.2) is 0 Å². The Morgan fingerprint density at radius 1 is 1.32 bits per heavy atom. The number of hydrogen-bond acceptors (Lipinski definition) is 6. The van der Waals surface area contributed by atoms with Gasteiger partial charge in [-0.2, -0.15) is 0 Å². The first kappa shape index (κ1) is 20.0. The Balaban J connectivity index is 2.30. The van der Waals surface area contributed by atoms with E-state index in [1.165, 1.54) is 6.92 Å². The predicted octanol–water partition coefficient (Wildman–Crippen LogP) is 4.21. The summed E-state index contributed by atoms with van der Waals surface area (Å²) in [4.78, 5) is 37.7. The Hall–Kier alpha value is -1.32. The average Bonchev–Trinajstić information content (AvgIpc) is 2.80. The molecule has 25 heavy (non-hydrogen) atoms. The average molecular weight is 493 g/mol. The van der Waals surface area contributed by atoms with Gasteiger partial charge >= 0.3 is 5.97 Å². The Kier molecular flexibility index (Phi) is 6.70. The molecule has 9 heteroatoms. The number of nitrogens with zero attached hydrogens (tertiary/aromatic N) is 1. The van der Waals surface area contributed by atoms with E-state index in [0.717, 1.165) is 16.7 Å². The van der Waals surface area contributed by atoms with E-state index in [2.05, 4.69) is 31.9 Å². The molecule has 1 fully saturated rings. The number of imide groups is 1. The Labute approximate surface area is 166 Å². The van der Waals surface area contributed by atoms with Crippen LogP contribution >= 0.6 is 43.6 Å². The molecule has 6 nitrogen and oxygen atoms in total. The summed E-state index contributed by atoms with van der Waals surface area (Å²) in [5.74, 6) is -0.499. The number of halogens is 2. The van der Waals surface area contributed by atoms with Crippen LogP contribution in [0, 0.1) is 0 Å². The first-order valence-corrected chi connectivity index (χ1v) is 9.67. The van der Waals surface area contributed by atoms with Crippen molar-refractivity contribution in [1.29, 1.82) is 0 Å². The highest BCUT2D eigenvalue weighted by molar-refractivity contribution is 9.11. The molecular weight excluding hydrogens is 478 g/mol. The summed E-state index contributed by atoms with van der Waals surface area (Å²) in [6.07, 6.45) is 1.59. The summed E-state index contributed by atoms with van der Waals surface area (Å²) >= 11 is 7.57. The van der Waals surface area contributed by atoms with Crippen LogP contribution in [0.1, 0.15) is 19.4 Å². The molecule has 0 spiro atoms. The summed E-state index contributed by atoms with van der Waals surface area (Å²) in [5.41, 5.74) is 0.703. The van der Waals surface area contributed by atoms with Crippen molar-refractivity contribution in [1.82, 2.24) is 4.90 Å². The van der Waals surface area contributed by atoms with E-state index in [-0.39, 0.29) is 11.5 Å². The van der Waals surface area contributed by atoms with Gasteiger partial charge in [0.2, 0.25) is 0 Å². The van der Waals surface area contributed by atoms with Gasteiger partial charge in [0, 0.05) is 0 Å². The minimum absolute atomic E-state index is 0.184. The van der Waals surface area contributed by atoms with Crippen LogP contribution in [-0.2, 0) is 14.3 Å². The fraction of sp³-hybridized carbons (Fsp3) is 0.312. The van der Waals surface area contributed by atoms with E-state index >= 15 is 0 Å². The van der Waals surface area contributed by atoms with Gasteiger partial charge < -0.3 is 9.47 Å². The fourth-order valence-corrected chi connectivity index (χ4v) is 4.64. The number of hydrogen-bond donors (Lipinski definition) is 0. The number of thioether (sulfide) groups is 1. The van der Waals surface area contributed by atoms with Crippen molar-refractivity contribution >= 4 is 66.8 Å². The highest BCUT2D eigenvalue weighted by Gasteiger charge is 2.41. The van der Waals surface area contributed by atoms with Crippen molar-refractivity contribution < 1.29 is 23.9 Å². The first-order chi connectivity index (χ1) is 11.8. The van der Waals surface area contributed by atoms with Gasteiger partial charge in [-0.15, -0.1) is 0 Å². The zero-order valence-electron chi connectivity index (χ0n) is 13.7. The Morgan fingerprint density at radius 3 is 2.44 bits per heavy atom. The van der Waals surface area contributed by atoms with Crippen LogP contribution in [0.25, 0.3) is 6.08 Å². The lowest BCUT2D eigenvalue weighted by Crippen LogP contribution is -2.42. The molecule has 1 heterocycles. The molecule has 0 unspecified atom stereocenters. The van der Waals surface area contributed by atoms with Crippen LogP contribution in [-0.4, -0.2) is 41.8 Å². The molecule has 0 N–H and O–H groups in total. The third kappa shape index (κ3) is 4.27. The molecule has 1 aromatic rings. The van der Waals surface area contributed by atoms with Gasteiger partial charge in [0.05, 0.1) is 27.6 Å². The third-order valence-electron chi connectivity index (χ3n) is 3.36. The quantitative estimate of drug-likeness (QED) is 0.453. The number of rotatable bonds is 5. The highest BCUT2D eigenvalue weighted by atomic mass is 79.9. The second kappa shape index (κ2) is 8.37. The smallest absolute Gasteiger partial charge is 0.329 e. The molecular formula is C16H15Br2NO5S. The number of esters is 1. The van der Waals surface area contributed by atoms with Crippen LogP contribution in [0.3, 0.4) is 0 Å². The number of carbonyl (C=O) groups excluding carboxylic acids is 3. The monoisotopic (exact) mass is 491 g/mol. The fourth-order valence-electron chi connectivity index (χ4n) is 2.19. The van der Waals surface area contributed by atoms with Crippen molar-refractivity contribution in [3.05, 3.63) is 31.5 Å². The van der Waals surface area contributed by atoms with Gasteiger partial charge in [-0.1, -0.05) is 0 Å². The van der Waals surface area contributed by atoms with Crippen LogP contribution in [0.15, 0.2) is 26.0 Å². The standard InChI is InChI=1S/C16H15Br2NO5S/c1-4-24-15(21)8(2)19-14(20)12(25-16(19)22)7-9-5-10(17)13(23-3)11(18)6-9/h5-8H,4H2,1-3H3/b12-7+/t8-/m1/s1. The Bertz CT molecular complexity index is 742. The molecule has 0 radical (unpaired) electrons. The third-order valence-corrected chi connectivity index (χ3v) is 5.42. The zero-order chi connectivity index (χ0) is 18.7. The van der Waals surface area contributed by atoms with Crippen molar-refractivity contribution in [2.24, 2.45) is 0 Å². The van der Waals surface area contributed by atoms with Crippen LogP contribution in [0.5, 0.6) is 5.75 Å². The number of methoxy groups -OCH3 is 1. The molecule has 0 aromatic heterocycles. The molecule has 1 aromatic carbocycles. The van der Waals surface area contributed by atoms with Crippen LogP contribution in [0.2, 0.25) is 0 Å². The molecule has 1 saturated heterocycles. The van der Waals surface area contributed by atoms with E-state index in [1.54, 1.807) is 32.2 Å². The second-order valence-electron chi connectivity index (χ2n) is 5.00. The predicted molar refractivity (Wildman–Crippen MR) is 102 cm³/mol. The van der Waals surface area contributed by atoms with Crippen molar-refractivity contribution in [3.8, 4) is 5.75 Å². The Morgan fingerprint density at radius 2 is 1.92 bits per heavy atom. The van der Waals surface area contributed by atoms with Gasteiger partial charge in [-0.3, -0.25) is 14.5 Å². The minimum atomic E-state index is -0.965. The summed E-state index contributed by atoms with van der Waals surface area (Å²) in [6, 6.07) is 2.58.